The van der Waals surface area contributed by atoms with Crippen molar-refractivity contribution >= 4 is 5.78 Å². The molecule has 26 heavy (non-hydrogen) atoms. The monoisotopic (exact) mass is 357 g/mol. The van der Waals surface area contributed by atoms with Crippen molar-refractivity contribution in [3.63, 3.8) is 0 Å². The lowest BCUT2D eigenvalue weighted by Crippen LogP contribution is -2.37. The number of hydrogen-bond acceptors (Lipinski definition) is 5. The number of aliphatic hydroxyl groups excluding tert-OH is 1. The fourth-order valence-electron chi connectivity index (χ4n) is 2.57. The molecule has 0 spiro atoms. The van der Waals surface area contributed by atoms with Gasteiger partial charge in [-0.25, -0.2) is 0 Å². The molecule has 2 aromatic rings. The van der Waals surface area contributed by atoms with Crippen molar-refractivity contribution in [3.8, 4) is 5.75 Å². The predicted molar refractivity (Wildman–Crippen MR) is 101 cm³/mol. The van der Waals surface area contributed by atoms with E-state index < -0.39 is 12.2 Å². The summed E-state index contributed by atoms with van der Waals surface area (Å²) in [6.45, 7) is 4.45. The normalized spacial score (nSPS) is 13.5. The number of ketones is 1. The Labute approximate surface area is 154 Å². The van der Waals surface area contributed by atoms with Crippen LogP contribution in [0.25, 0.3) is 0 Å². The second kappa shape index (κ2) is 10.1. The zero-order valence-corrected chi connectivity index (χ0v) is 15.3. The average molecular weight is 357 g/mol. The van der Waals surface area contributed by atoms with Gasteiger partial charge in [0.25, 0.3) is 0 Å². The maximum absolute atomic E-state index is 12.8. The zero-order chi connectivity index (χ0) is 18.9. The van der Waals surface area contributed by atoms with Gasteiger partial charge < -0.3 is 20.3 Å². The van der Waals surface area contributed by atoms with E-state index in [2.05, 4.69) is 5.32 Å². The quantitative estimate of drug-likeness (QED) is 0.570. The molecule has 0 aromatic heterocycles. The number of carbonyl (C=O) groups is 1. The maximum Gasteiger partial charge on any atom is 0.191 e. The molecule has 140 valence electrons. The number of carbonyl (C=O) groups excluding carboxylic acids is 1. The minimum atomic E-state index is -0.729. The van der Waals surface area contributed by atoms with Crippen LogP contribution in [0.2, 0.25) is 0 Å². The second-order valence-corrected chi connectivity index (χ2v) is 6.64. The van der Waals surface area contributed by atoms with E-state index in [1.54, 1.807) is 42.5 Å². The van der Waals surface area contributed by atoms with Gasteiger partial charge in [0.15, 0.2) is 5.78 Å². The van der Waals surface area contributed by atoms with Crippen LogP contribution >= 0.6 is 0 Å². The molecule has 0 amide bonds. The molecule has 2 rings (SSSR count). The second-order valence-electron chi connectivity index (χ2n) is 6.64. The highest BCUT2D eigenvalue weighted by atomic mass is 16.5. The molecule has 0 aliphatic heterocycles. The first kappa shape index (κ1) is 20.1. The van der Waals surface area contributed by atoms with E-state index in [1.165, 1.54) is 0 Å². The lowest BCUT2D eigenvalue weighted by Gasteiger charge is -2.20. The van der Waals surface area contributed by atoms with Gasteiger partial charge in [0.05, 0.1) is 12.7 Å². The van der Waals surface area contributed by atoms with Crippen molar-refractivity contribution in [2.24, 2.45) is 0 Å². The molecule has 5 nitrogen and oxygen atoms in total. The highest BCUT2D eigenvalue weighted by Gasteiger charge is 2.22. The van der Waals surface area contributed by atoms with Gasteiger partial charge in [-0.2, -0.15) is 0 Å². The van der Waals surface area contributed by atoms with Crippen molar-refractivity contribution in [2.75, 3.05) is 13.2 Å². The summed E-state index contributed by atoms with van der Waals surface area (Å²) in [6, 6.07) is 16.0. The Morgan fingerprint density at radius 3 is 2.50 bits per heavy atom. The number of benzene rings is 2. The third-order valence-electron chi connectivity index (χ3n) is 3.93. The Morgan fingerprint density at radius 2 is 1.85 bits per heavy atom. The van der Waals surface area contributed by atoms with Crippen molar-refractivity contribution in [3.05, 3.63) is 65.7 Å². The molecule has 0 bridgehead atoms. The Kier molecular flexibility index (Phi) is 7.78. The van der Waals surface area contributed by atoms with Gasteiger partial charge in [0.1, 0.15) is 11.9 Å². The molecule has 0 radical (unpaired) electrons. The Hall–Kier alpha value is -2.21. The molecule has 2 aromatic carbocycles. The highest BCUT2D eigenvalue weighted by Crippen LogP contribution is 2.16. The minimum absolute atomic E-state index is 0.0573. The van der Waals surface area contributed by atoms with Crippen LogP contribution in [0.5, 0.6) is 5.75 Å². The molecule has 0 fully saturated rings. The number of phenols is 1. The summed E-state index contributed by atoms with van der Waals surface area (Å²) in [5, 5.41) is 22.9. The molecule has 0 saturated carbocycles. The molecular formula is C21H27NO4. The molecule has 5 heteroatoms. The van der Waals surface area contributed by atoms with E-state index in [9.17, 15) is 15.0 Å². The Bertz CT molecular complexity index is 687. The Morgan fingerprint density at radius 1 is 1.12 bits per heavy atom. The number of ether oxygens (including phenoxy) is 1. The average Bonchev–Trinajstić information content (AvgIpc) is 2.63. The van der Waals surface area contributed by atoms with Crippen molar-refractivity contribution in [1.29, 1.82) is 0 Å². The number of aromatic hydroxyl groups is 1. The number of aliphatic hydroxyl groups is 1. The number of rotatable bonds is 10. The van der Waals surface area contributed by atoms with E-state index in [1.807, 2.05) is 26.0 Å². The zero-order valence-electron chi connectivity index (χ0n) is 15.3. The van der Waals surface area contributed by atoms with E-state index in [0.29, 0.717) is 18.5 Å². The van der Waals surface area contributed by atoms with Crippen molar-refractivity contribution in [1.82, 2.24) is 5.32 Å². The topological polar surface area (TPSA) is 78.8 Å². The largest absolute Gasteiger partial charge is 0.508 e. The lowest BCUT2D eigenvalue weighted by molar-refractivity contribution is -0.00218. The summed E-state index contributed by atoms with van der Waals surface area (Å²) < 4.78 is 5.78. The summed E-state index contributed by atoms with van der Waals surface area (Å²) in [5.74, 6) is 0.00698. The van der Waals surface area contributed by atoms with E-state index in [-0.39, 0.29) is 24.2 Å². The number of hydrogen-bond donors (Lipinski definition) is 3. The SMILES string of the molecule is CC(C)NCC(O)COC(Cc1cccc(O)c1)C(=O)c1ccccc1. The molecule has 0 aliphatic rings. The van der Waals surface area contributed by atoms with Gasteiger partial charge in [-0.3, -0.25) is 4.79 Å². The number of nitrogens with one attached hydrogen (secondary N) is 1. The first-order valence-corrected chi connectivity index (χ1v) is 8.86. The van der Waals surface area contributed by atoms with Gasteiger partial charge in [-0.1, -0.05) is 56.3 Å². The fraction of sp³-hybridized carbons (Fsp3) is 0.381. The van der Waals surface area contributed by atoms with E-state index in [0.717, 1.165) is 5.56 Å². The first-order valence-electron chi connectivity index (χ1n) is 8.86. The van der Waals surface area contributed by atoms with Gasteiger partial charge in [-0.15, -0.1) is 0 Å². The van der Waals surface area contributed by atoms with Crippen LogP contribution in [0.3, 0.4) is 0 Å². The van der Waals surface area contributed by atoms with Crippen LogP contribution in [-0.4, -0.2) is 47.4 Å². The van der Waals surface area contributed by atoms with Crippen LogP contribution in [0, 0.1) is 0 Å². The van der Waals surface area contributed by atoms with Gasteiger partial charge in [-0.05, 0) is 17.7 Å². The van der Waals surface area contributed by atoms with Gasteiger partial charge in [0.2, 0.25) is 0 Å². The summed E-state index contributed by atoms with van der Waals surface area (Å²) in [5.41, 5.74) is 1.36. The molecule has 2 unspecified atom stereocenters. The van der Waals surface area contributed by atoms with Gasteiger partial charge in [0, 0.05) is 24.6 Å². The standard InChI is InChI=1S/C21H27NO4/c1-15(2)22-13-19(24)14-26-20(12-16-7-6-10-18(23)11-16)21(25)17-8-4-3-5-9-17/h3-11,15,19-20,22-24H,12-14H2,1-2H3. The van der Waals surface area contributed by atoms with Gasteiger partial charge >= 0.3 is 0 Å². The van der Waals surface area contributed by atoms with Crippen molar-refractivity contribution < 1.29 is 19.7 Å². The molecular weight excluding hydrogens is 330 g/mol. The fourth-order valence-corrected chi connectivity index (χ4v) is 2.57. The summed E-state index contributed by atoms with van der Waals surface area (Å²) in [7, 11) is 0. The summed E-state index contributed by atoms with van der Waals surface area (Å²) in [6.07, 6.45) is -1.10. The highest BCUT2D eigenvalue weighted by molar-refractivity contribution is 5.99. The molecule has 0 aliphatic carbocycles. The van der Waals surface area contributed by atoms with Crippen LogP contribution in [0.4, 0.5) is 0 Å². The molecule has 2 atom stereocenters. The number of Topliss-reactive ketones (excluding diaryl/α,β-unsaturated/α-hetero) is 1. The predicted octanol–water partition coefficient (Wildman–Crippen LogP) is 2.56. The van der Waals surface area contributed by atoms with Crippen LogP contribution in [0.15, 0.2) is 54.6 Å². The molecule has 0 heterocycles. The van der Waals surface area contributed by atoms with Crippen LogP contribution < -0.4 is 5.32 Å². The number of phenolic OH excluding ortho intramolecular Hbond substituents is 1. The molecule has 0 saturated heterocycles. The first-order chi connectivity index (χ1) is 12.5. The summed E-state index contributed by atoms with van der Waals surface area (Å²) in [4.78, 5) is 12.8. The Balaban J connectivity index is 2.07. The lowest BCUT2D eigenvalue weighted by atomic mass is 9.99. The van der Waals surface area contributed by atoms with Crippen molar-refractivity contribution in [2.45, 2.75) is 38.5 Å². The van der Waals surface area contributed by atoms with Crippen LogP contribution in [-0.2, 0) is 11.2 Å². The third-order valence-corrected chi connectivity index (χ3v) is 3.93. The summed E-state index contributed by atoms with van der Waals surface area (Å²) >= 11 is 0. The smallest absolute Gasteiger partial charge is 0.191 e. The third kappa shape index (κ3) is 6.59. The van der Waals surface area contributed by atoms with Crippen LogP contribution in [0.1, 0.15) is 29.8 Å². The maximum atomic E-state index is 12.8. The van der Waals surface area contributed by atoms with E-state index in [4.69, 9.17) is 4.74 Å². The van der Waals surface area contributed by atoms with E-state index >= 15 is 0 Å². The minimum Gasteiger partial charge on any atom is -0.508 e. The molecule has 3 N–H and O–H groups in total.